The first-order chi connectivity index (χ1) is 16.9. The minimum atomic E-state index is -0.751. The maximum absolute atomic E-state index is 13.5. The van der Waals surface area contributed by atoms with E-state index in [1.807, 2.05) is 37.3 Å². The zero-order valence-electron chi connectivity index (χ0n) is 19.7. The quantitative estimate of drug-likeness (QED) is 0.383. The smallest absolute Gasteiger partial charge is 0.261 e. The van der Waals surface area contributed by atoms with Gasteiger partial charge in [0.1, 0.15) is 17.5 Å². The third-order valence-corrected chi connectivity index (χ3v) is 6.12. The van der Waals surface area contributed by atoms with Gasteiger partial charge in [0.05, 0.1) is 17.2 Å². The molecule has 0 radical (unpaired) electrons. The van der Waals surface area contributed by atoms with E-state index < -0.39 is 6.04 Å². The van der Waals surface area contributed by atoms with Crippen LogP contribution in [0.3, 0.4) is 0 Å². The number of ether oxygens (including phenoxy) is 2. The lowest BCUT2D eigenvalue weighted by molar-refractivity contribution is -0.142. The molecule has 0 bridgehead atoms. The molecule has 6 nitrogen and oxygen atoms in total. The van der Waals surface area contributed by atoms with Crippen LogP contribution in [0.2, 0.25) is 10.0 Å². The molecule has 3 rings (SSSR count). The number of halogens is 2. The average molecular weight is 515 g/mol. The van der Waals surface area contributed by atoms with Gasteiger partial charge < -0.3 is 19.7 Å². The molecule has 0 aliphatic carbocycles. The van der Waals surface area contributed by atoms with Gasteiger partial charge in [0.2, 0.25) is 5.91 Å². The van der Waals surface area contributed by atoms with Gasteiger partial charge in [-0.2, -0.15) is 0 Å². The van der Waals surface area contributed by atoms with Crippen LogP contribution in [0.25, 0.3) is 0 Å². The van der Waals surface area contributed by atoms with Crippen LogP contribution in [0.15, 0.2) is 72.8 Å². The van der Waals surface area contributed by atoms with Gasteiger partial charge in [-0.15, -0.1) is 0 Å². The topological polar surface area (TPSA) is 67.9 Å². The number of rotatable bonds is 11. The van der Waals surface area contributed by atoms with Gasteiger partial charge in [-0.1, -0.05) is 59.6 Å². The van der Waals surface area contributed by atoms with E-state index in [4.69, 9.17) is 32.7 Å². The number of hydrogen-bond acceptors (Lipinski definition) is 4. The van der Waals surface area contributed by atoms with E-state index in [1.54, 1.807) is 49.6 Å². The van der Waals surface area contributed by atoms with E-state index in [0.717, 1.165) is 11.1 Å². The second-order valence-corrected chi connectivity index (χ2v) is 8.65. The normalized spacial score (nSPS) is 11.4. The Morgan fingerprint density at radius 1 is 0.914 bits per heavy atom. The zero-order valence-corrected chi connectivity index (χ0v) is 21.2. The fourth-order valence-electron chi connectivity index (χ4n) is 3.58. The molecule has 0 saturated carbocycles. The first kappa shape index (κ1) is 26.4. The molecule has 1 atom stereocenters. The molecule has 0 aliphatic heterocycles. The summed E-state index contributed by atoms with van der Waals surface area (Å²) in [5, 5.41) is 3.65. The van der Waals surface area contributed by atoms with E-state index in [0.29, 0.717) is 34.5 Å². The molecule has 0 spiro atoms. The molecule has 0 fully saturated rings. The molecule has 184 valence electrons. The summed E-state index contributed by atoms with van der Waals surface area (Å²) in [7, 11) is 1.58. The Bertz CT molecular complexity index is 1120. The summed E-state index contributed by atoms with van der Waals surface area (Å²) in [6.07, 6.45) is 0.349. The summed E-state index contributed by atoms with van der Waals surface area (Å²) >= 11 is 12.3. The summed E-state index contributed by atoms with van der Waals surface area (Å²) < 4.78 is 10.9. The molecule has 35 heavy (non-hydrogen) atoms. The van der Waals surface area contributed by atoms with Crippen LogP contribution in [0, 0.1) is 0 Å². The number of hydrogen-bond donors (Lipinski definition) is 1. The van der Waals surface area contributed by atoms with Gasteiger partial charge in [-0.05, 0) is 54.4 Å². The highest BCUT2D eigenvalue weighted by atomic mass is 35.5. The lowest BCUT2D eigenvalue weighted by atomic mass is 10.0. The number of benzene rings is 3. The average Bonchev–Trinajstić information content (AvgIpc) is 2.87. The van der Waals surface area contributed by atoms with E-state index >= 15 is 0 Å². The number of methoxy groups -OCH3 is 1. The second-order valence-electron chi connectivity index (χ2n) is 7.83. The molecule has 8 heteroatoms. The lowest BCUT2D eigenvalue weighted by Crippen LogP contribution is -2.51. The van der Waals surface area contributed by atoms with Gasteiger partial charge in [0.15, 0.2) is 6.61 Å². The fourth-order valence-corrected chi connectivity index (χ4v) is 3.90. The number of carbonyl (C=O) groups excluding carboxylic acids is 2. The van der Waals surface area contributed by atoms with Gasteiger partial charge in [-0.25, -0.2) is 0 Å². The maximum Gasteiger partial charge on any atom is 0.261 e. The fraction of sp³-hybridized carbons (Fsp3) is 0.259. The highest BCUT2D eigenvalue weighted by molar-refractivity contribution is 6.42. The van der Waals surface area contributed by atoms with Crippen molar-refractivity contribution in [3.63, 3.8) is 0 Å². The number of amides is 2. The van der Waals surface area contributed by atoms with Crippen LogP contribution in [0.4, 0.5) is 0 Å². The van der Waals surface area contributed by atoms with Gasteiger partial charge in [0, 0.05) is 19.5 Å². The molecular formula is C27H28Cl2N2O4. The van der Waals surface area contributed by atoms with Crippen molar-refractivity contribution < 1.29 is 19.1 Å². The lowest BCUT2D eigenvalue weighted by Gasteiger charge is -2.31. The Labute approximate surface area is 215 Å². The van der Waals surface area contributed by atoms with E-state index in [1.165, 1.54) is 4.90 Å². The van der Waals surface area contributed by atoms with E-state index in [9.17, 15) is 9.59 Å². The zero-order chi connectivity index (χ0) is 25.2. The molecule has 3 aromatic rings. The first-order valence-corrected chi connectivity index (χ1v) is 12.0. The highest BCUT2D eigenvalue weighted by Gasteiger charge is 2.30. The van der Waals surface area contributed by atoms with Crippen molar-refractivity contribution in [2.45, 2.75) is 25.9 Å². The van der Waals surface area contributed by atoms with Crippen molar-refractivity contribution >= 4 is 35.0 Å². The summed E-state index contributed by atoms with van der Waals surface area (Å²) in [5.74, 6) is 0.628. The second kappa shape index (κ2) is 13.0. The molecular weight excluding hydrogens is 487 g/mol. The Kier molecular flexibility index (Phi) is 9.82. The number of likely N-dealkylation sites (N-methyl/N-ethyl adjacent to an activating group) is 1. The van der Waals surface area contributed by atoms with E-state index in [-0.39, 0.29) is 25.0 Å². The van der Waals surface area contributed by atoms with Crippen LogP contribution >= 0.6 is 23.2 Å². The summed E-state index contributed by atoms with van der Waals surface area (Å²) in [5.41, 5.74) is 1.69. The van der Waals surface area contributed by atoms with Gasteiger partial charge >= 0.3 is 0 Å². The summed E-state index contributed by atoms with van der Waals surface area (Å²) in [6, 6.07) is 20.9. The predicted octanol–water partition coefficient (Wildman–Crippen LogP) is 5.16. The molecule has 3 aromatic carbocycles. The molecule has 0 saturated heterocycles. The third-order valence-electron chi connectivity index (χ3n) is 5.38. The minimum Gasteiger partial charge on any atom is -0.497 e. The van der Waals surface area contributed by atoms with Crippen molar-refractivity contribution in [1.29, 1.82) is 0 Å². The van der Waals surface area contributed by atoms with Crippen molar-refractivity contribution in [3.05, 3.63) is 94.0 Å². The molecule has 0 aromatic heterocycles. The monoisotopic (exact) mass is 514 g/mol. The third kappa shape index (κ3) is 7.64. The van der Waals surface area contributed by atoms with E-state index in [2.05, 4.69) is 5.32 Å². The standard InChI is InChI=1S/C27H28Cl2N2O4/c1-3-30-27(33)25(16-19-7-5-4-6-8-19)31(17-20-9-14-23(28)24(29)15-20)26(32)18-35-22-12-10-21(34-2)11-13-22/h4-15,25H,3,16-18H2,1-2H3,(H,30,33). The molecule has 1 N–H and O–H groups in total. The molecule has 0 heterocycles. The molecule has 0 aliphatic rings. The summed E-state index contributed by atoms with van der Waals surface area (Å²) in [6.45, 7) is 2.21. The Morgan fingerprint density at radius 3 is 2.23 bits per heavy atom. The van der Waals surface area contributed by atoms with Crippen LogP contribution in [0.5, 0.6) is 11.5 Å². The number of carbonyl (C=O) groups is 2. The minimum absolute atomic E-state index is 0.163. The van der Waals surface area contributed by atoms with Crippen LogP contribution in [0.1, 0.15) is 18.1 Å². The van der Waals surface area contributed by atoms with Gasteiger partial charge in [-0.3, -0.25) is 9.59 Å². The SMILES string of the molecule is CCNC(=O)C(Cc1ccccc1)N(Cc1ccc(Cl)c(Cl)c1)C(=O)COc1ccc(OC)cc1. The van der Waals surface area contributed by atoms with Crippen LogP contribution < -0.4 is 14.8 Å². The largest absolute Gasteiger partial charge is 0.497 e. The van der Waals surface area contributed by atoms with Crippen LogP contribution in [-0.4, -0.2) is 43.0 Å². The maximum atomic E-state index is 13.5. The van der Waals surface area contributed by atoms with Crippen molar-refractivity contribution in [1.82, 2.24) is 10.2 Å². The molecule has 1 unspecified atom stereocenters. The van der Waals surface area contributed by atoms with Gasteiger partial charge in [0.25, 0.3) is 5.91 Å². The number of nitrogens with one attached hydrogen (secondary N) is 1. The Morgan fingerprint density at radius 2 is 1.60 bits per heavy atom. The first-order valence-electron chi connectivity index (χ1n) is 11.2. The molecule has 2 amide bonds. The Hall–Kier alpha value is -3.22. The highest BCUT2D eigenvalue weighted by Crippen LogP contribution is 2.24. The Balaban J connectivity index is 1.88. The summed E-state index contributed by atoms with van der Waals surface area (Å²) in [4.78, 5) is 28.1. The van der Waals surface area contributed by atoms with Crippen molar-refractivity contribution in [2.75, 3.05) is 20.3 Å². The van der Waals surface area contributed by atoms with Crippen LogP contribution in [-0.2, 0) is 22.6 Å². The van der Waals surface area contributed by atoms with Crippen molar-refractivity contribution in [2.24, 2.45) is 0 Å². The van der Waals surface area contributed by atoms with Crippen molar-refractivity contribution in [3.8, 4) is 11.5 Å². The predicted molar refractivity (Wildman–Crippen MR) is 138 cm³/mol. The number of nitrogens with zero attached hydrogens (tertiary/aromatic N) is 1.